The van der Waals surface area contributed by atoms with Crippen molar-refractivity contribution < 1.29 is 14.0 Å². The zero-order valence-electron chi connectivity index (χ0n) is 15.4. The molecule has 1 aliphatic heterocycles. The quantitative estimate of drug-likeness (QED) is 0.917. The van der Waals surface area contributed by atoms with Crippen LogP contribution in [0.5, 0.6) is 0 Å². The van der Waals surface area contributed by atoms with Crippen molar-refractivity contribution in [1.29, 1.82) is 0 Å². The summed E-state index contributed by atoms with van der Waals surface area (Å²) in [5.74, 6) is -0.531. The lowest BCUT2D eigenvalue weighted by Gasteiger charge is -2.31. The molecule has 0 radical (unpaired) electrons. The Hall–Kier alpha value is -2.70. The smallest absolute Gasteiger partial charge is 0.232 e. The van der Waals surface area contributed by atoms with E-state index in [0.29, 0.717) is 12.5 Å². The van der Waals surface area contributed by atoms with Gasteiger partial charge in [-0.3, -0.25) is 14.9 Å². The fourth-order valence-corrected chi connectivity index (χ4v) is 3.16. The first-order chi connectivity index (χ1) is 12.2. The van der Waals surface area contributed by atoms with Crippen LogP contribution in [0.15, 0.2) is 30.5 Å². The van der Waals surface area contributed by atoms with Crippen LogP contribution in [-0.2, 0) is 16.6 Å². The molecule has 138 valence electrons. The SMILES string of the molecule is Cn1c(-c2ccc(F)cc2)cnc1NC(=O)[C@H]1CC(=O)N(C(C)(C)C)C1. The Balaban J connectivity index is 1.73. The minimum absolute atomic E-state index is 0.00973. The number of aromatic nitrogens is 2. The number of hydrogen-bond acceptors (Lipinski definition) is 3. The second-order valence-electron chi connectivity index (χ2n) is 7.60. The topological polar surface area (TPSA) is 67.2 Å². The third-order valence-electron chi connectivity index (χ3n) is 4.67. The molecule has 0 saturated carbocycles. The molecule has 1 aliphatic rings. The van der Waals surface area contributed by atoms with Crippen molar-refractivity contribution in [1.82, 2.24) is 14.5 Å². The molecule has 1 aromatic carbocycles. The van der Waals surface area contributed by atoms with Crippen LogP contribution in [0.3, 0.4) is 0 Å². The fourth-order valence-electron chi connectivity index (χ4n) is 3.16. The molecule has 26 heavy (non-hydrogen) atoms. The van der Waals surface area contributed by atoms with Crippen LogP contribution in [0.25, 0.3) is 11.3 Å². The van der Waals surface area contributed by atoms with Gasteiger partial charge >= 0.3 is 0 Å². The van der Waals surface area contributed by atoms with Gasteiger partial charge in [0.1, 0.15) is 5.82 Å². The number of rotatable bonds is 3. The minimum atomic E-state index is -0.396. The van der Waals surface area contributed by atoms with Crippen LogP contribution in [0.2, 0.25) is 0 Å². The Kier molecular flexibility index (Phi) is 4.56. The van der Waals surface area contributed by atoms with Crippen LogP contribution in [0, 0.1) is 11.7 Å². The van der Waals surface area contributed by atoms with E-state index < -0.39 is 5.92 Å². The molecule has 7 heteroatoms. The Morgan fingerprint density at radius 2 is 1.92 bits per heavy atom. The van der Waals surface area contributed by atoms with Crippen LogP contribution in [0.1, 0.15) is 27.2 Å². The lowest BCUT2D eigenvalue weighted by atomic mass is 10.1. The predicted octanol–water partition coefficient (Wildman–Crippen LogP) is 2.81. The Morgan fingerprint density at radius 3 is 2.50 bits per heavy atom. The first-order valence-corrected chi connectivity index (χ1v) is 8.56. The predicted molar refractivity (Wildman–Crippen MR) is 96.8 cm³/mol. The van der Waals surface area contributed by atoms with Gasteiger partial charge in [0, 0.05) is 31.1 Å². The molecule has 2 aromatic rings. The van der Waals surface area contributed by atoms with Crippen molar-refractivity contribution in [2.45, 2.75) is 32.7 Å². The molecule has 1 N–H and O–H groups in total. The summed E-state index contributed by atoms with van der Waals surface area (Å²) in [7, 11) is 1.78. The number of likely N-dealkylation sites (tertiary alicyclic amines) is 1. The minimum Gasteiger partial charge on any atom is -0.337 e. The molecule has 2 amide bonds. The van der Waals surface area contributed by atoms with Crippen molar-refractivity contribution in [3.8, 4) is 11.3 Å². The summed E-state index contributed by atoms with van der Waals surface area (Å²) in [4.78, 5) is 30.7. The van der Waals surface area contributed by atoms with Gasteiger partial charge in [0.05, 0.1) is 17.8 Å². The highest BCUT2D eigenvalue weighted by atomic mass is 19.1. The number of imidazole rings is 1. The maximum atomic E-state index is 13.1. The first kappa shape index (κ1) is 18.1. The number of halogens is 1. The van der Waals surface area contributed by atoms with Crippen molar-refractivity contribution in [2.24, 2.45) is 13.0 Å². The zero-order valence-corrected chi connectivity index (χ0v) is 15.4. The number of amides is 2. The monoisotopic (exact) mass is 358 g/mol. The molecule has 0 unspecified atom stereocenters. The van der Waals surface area contributed by atoms with Crippen molar-refractivity contribution in [3.63, 3.8) is 0 Å². The van der Waals surface area contributed by atoms with Crippen LogP contribution in [0.4, 0.5) is 10.3 Å². The number of carbonyl (C=O) groups is 2. The largest absolute Gasteiger partial charge is 0.337 e. The average molecular weight is 358 g/mol. The molecule has 0 bridgehead atoms. The summed E-state index contributed by atoms with van der Waals surface area (Å²) in [6, 6.07) is 6.08. The van der Waals surface area contributed by atoms with Gasteiger partial charge in [0.15, 0.2) is 0 Å². The zero-order chi connectivity index (χ0) is 19.1. The van der Waals surface area contributed by atoms with Crippen molar-refractivity contribution in [2.75, 3.05) is 11.9 Å². The number of nitrogens with one attached hydrogen (secondary N) is 1. The van der Waals surface area contributed by atoms with E-state index in [2.05, 4.69) is 10.3 Å². The second kappa shape index (κ2) is 6.55. The van der Waals surface area contributed by atoms with Crippen molar-refractivity contribution in [3.05, 3.63) is 36.3 Å². The molecule has 3 rings (SSSR count). The number of carbonyl (C=O) groups excluding carboxylic acids is 2. The summed E-state index contributed by atoms with van der Waals surface area (Å²) < 4.78 is 14.8. The number of hydrogen-bond donors (Lipinski definition) is 1. The molecular formula is C19H23FN4O2. The first-order valence-electron chi connectivity index (χ1n) is 8.56. The van der Waals surface area contributed by atoms with E-state index in [4.69, 9.17) is 0 Å². The Bertz CT molecular complexity index is 836. The molecule has 6 nitrogen and oxygen atoms in total. The normalized spacial score (nSPS) is 17.7. The molecule has 1 fully saturated rings. The maximum absolute atomic E-state index is 13.1. The van der Waals surface area contributed by atoms with Gasteiger partial charge < -0.3 is 9.47 Å². The number of anilines is 1. The van der Waals surface area contributed by atoms with Crippen LogP contribution in [-0.4, -0.2) is 38.3 Å². The highest BCUT2D eigenvalue weighted by Gasteiger charge is 2.39. The summed E-state index contributed by atoms with van der Waals surface area (Å²) in [5.41, 5.74) is 1.27. The standard InChI is InChI=1S/C19H23FN4O2/c1-19(2,3)24-11-13(9-16(24)25)17(26)22-18-21-10-15(23(18)4)12-5-7-14(20)8-6-12/h5-8,10,13H,9,11H2,1-4H3,(H,21,22,26)/t13-/m0/s1. The second-order valence-corrected chi connectivity index (χ2v) is 7.60. The molecule has 1 saturated heterocycles. The van der Waals surface area contributed by atoms with Gasteiger partial charge in [0.25, 0.3) is 0 Å². The van der Waals surface area contributed by atoms with E-state index in [9.17, 15) is 14.0 Å². The number of benzene rings is 1. The molecule has 2 heterocycles. The highest BCUT2D eigenvalue weighted by molar-refractivity contribution is 5.96. The summed E-state index contributed by atoms with van der Waals surface area (Å²) >= 11 is 0. The van der Waals surface area contributed by atoms with Gasteiger partial charge in [-0.1, -0.05) is 0 Å². The maximum Gasteiger partial charge on any atom is 0.232 e. The van der Waals surface area contributed by atoms with Gasteiger partial charge in [-0.15, -0.1) is 0 Å². The third kappa shape index (κ3) is 3.47. The molecular weight excluding hydrogens is 335 g/mol. The Labute approximate surface area is 152 Å². The van der Waals surface area contributed by atoms with E-state index in [1.54, 1.807) is 34.8 Å². The van der Waals surface area contributed by atoms with E-state index in [0.717, 1.165) is 11.3 Å². The summed E-state index contributed by atoms with van der Waals surface area (Å²) in [6.07, 6.45) is 1.84. The van der Waals surface area contributed by atoms with Crippen molar-refractivity contribution >= 4 is 17.8 Å². The lowest BCUT2D eigenvalue weighted by molar-refractivity contribution is -0.131. The summed E-state index contributed by atoms with van der Waals surface area (Å²) in [6.45, 7) is 6.28. The number of nitrogens with zero attached hydrogens (tertiary/aromatic N) is 3. The van der Waals surface area contributed by atoms with Gasteiger partial charge in [-0.2, -0.15) is 0 Å². The van der Waals surface area contributed by atoms with E-state index >= 15 is 0 Å². The van der Waals surface area contributed by atoms with Crippen LogP contribution < -0.4 is 5.32 Å². The lowest BCUT2D eigenvalue weighted by Crippen LogP contribution is -2.42. The molecule has 1 atom stereocenters. The molecule has 0 aliphatic carbocycles. The van der Waals surface area contributed by atoms with Crippen LogP contribution >= 0.6 is 0 Å². The fraction of sp³-hybridized carbons (Fsp3) is 0.421. The van der Waals surface area contributed by atoms with Gasteiger partial charge in [-0.25, -0.2) is 9.37 Å². The summed E-state index contributed by atoms with van der Waals surface area (Å²) in [5, 5.41) is 2.81. The van der Waals surface area contributed by atoms with E-state index in [-0.39, 0.29) is 29.6 Å². The van der Waals surface area contributed by atoms with Gasteiger partial charge in [0.2, 0.25) is 17.8 Å². The average Bonchev–Trinajstić information content (AvgIpc) is 3.12. The van der Waals surface area contributed by atoms with E-state index in [1.807, 2.05) is 20.8 Å². The van der Waals surface area contributed by atoms with E-state index in [1.165, 1.54) is 12.1 Å². The molecule has 1 aromatic heterocycles. The highest BCUT2D eigenvalue weighted by Crippen LogP contribution is 2.27. The van der Waals surface area contributed by atoms with Gasteiger partial charge in [-0.05, 0) is 45.0 Å². The molecule has 0 spiro atoms. The third-order valence-corrected chi connectivity index (χ3v) is 4.67. The Morgan fingerprint density at radius 1 is 1.27 bits per heavy atom.